The lowest BCUT2D eigenvalue weighted by atomic mass is 10.1. The van der Waals surface area contributed by atoms with Crippen LogP contribution < -0.4 is 0 Å². The highest BCUT2D eigenvalue weighted by Gasteiger charge is 2.24. The number of nitrogens with zero attached hydrogens (tertiary/aromatic N) is 2. The number of hydrogen-bond acceptors (Lipinski definition) is 4. The van der Waals surface area contributed by atoms with E-state index in [0.717, 1.165) is 12.0 Å². The fourth-order valence-electron chi connectivity index (χ4n) is 2.04. The molecule has 2 heterocycles. The number of aryl methyl sites for hydroxylation is 1. The molecule has 0 radical (unpaired) electrons. The van der Waals surface area contributed by atoms with Crippen LogP contribution in [0, 0.1) is 12.7 Å². The fraction of sp³-hybridized carbons (Fsp3) is 0.385. The second kappa shape index (κ2) is 4.49. The van der Waals surface area contributed by atoms with E-state index in [1.165, 1.54) is 6.07 Å². The summed E-state index contributed by atoms with van der Waals surface area (Å²) in [5.41, 5.74) is 1.21. The number of hydrogen-bond donors (Lipinski definition) is 0. The molecule has 2 aromatic rings. The molecule has 1 aliphatic rings. The highest BCUT2D eigenvalue weighted by atomic mass is 19.1. The van der Waals surface area contributed by atoms with Crippen LogP contribution in [0.3, 0.4) is 0 Å². The van der Waals surface area contributed by atoms with Gasteiger partial charge in [0.05, 0.1) is 12.2 Å². The summed E-state index contributed by atoms with van der Waals surface area (Å²) in [6.45, 7) is 3.16. The molecule has 1 atom stereocenters. The van der Waals surface area contributed by atoms with E-state index in [1.807, 2.05) is 13.0 Å². The first kappa shape index (κ1) is 11.3. The van der Waals surface area contributed by atoms with Crippen LogP contribution in [0.15, 0.2) is 22.7 Å². The van der Waals surface area contributed by atoms with E-state index in [4.69, 9.17) is 9.26 Å². The van der Waals surface area contributed by atoms with E-state index in [9.17, 15) is 4.39 Å². The molecule has 0 spiro atoms. The van der Waals surface area contributed by atoms with E-state index >= 15 is 0 Å². The van der Waals surface area contributed by atoms with E-state index in [0.29, 0.717) is 24.6 Å². The summed E-state index contributed by atoms with van der Waals surface area (Å²) in [6, 6.07) is 4.94. The van der Waals surface area contributed by atoms with Gasteiger partial charge in [-0.2, -0.15) is 4.98 Å². The Kier molecular flexibility index (Phi) is 2.83. The van der Waals surface area contributed by atoms with Gasteiger partial charge in [0, 0.05) is 12.5 Å². The van der Waals surface area contributed by atoms with Gasteiger partial charge >= 0.3 is 0 Å². The maximum absolute atomic E-state index is 13.8. The minimum absolute atomic E-state index is 0.163. The van der Waals surface area contributed by atoms with E-state index in [2.05, 4.69) is 10.1 Å². The van der Waals surface area contributed by atoms with Gasteiger partial charge in [0.2, 0.25) is 0 Å². The summed E-state index contributed by atoms with van der Waals surface area (Å²) in [6.07, 6.45) is 0.884. The smallest absolute Gasteiger partial charge is 0.260 e. The first-order valence-electron chi connectivity index (χ1n) is 5.92. The predicted octanol–water partition coefficient (Wildman–Crippen LogP) is 2.69. The first-order chi connectivity index (χ1) is 8.74. The van der Waals surface area contributed by atoms with Gasteiger partial charge in [-0.3, -0.25) is 0 Å². The molecule has 5 heteroatoms. The maximum atomic E-state index is 13.8. The third kappa shape index (κ3) is 2.01. The normalized spacial score (nSPS) is 19.3. The number of halogens is 1. The molecule has 0 bridgehead atoms. The average molecular weight is 248 g/mol. The van der Waals surface area contributed by atoms with Gasteiger partial charge < -0.3 is 9.26 Å². The van der Waals surface area contributed by atoms with Crippen LogP contribution in [0.25, 0.3) is 11.5 Å². The summed E-state index contributed by atoms with van der Waals surface area (Å²) >= 11 is 0. The van der Waals surface area contributed by atoms with Crippen LogP contribution >= 0.6 is 0 Å². The van der Waals surface area contributed by atoms with Crippen LogP contribution in [0.5, 0.6) is 0 Å². The Hall–Kier alpha value is -1.75. The molecule has 94 valence electrons. The molecule has 1 saturated heterocycles. The minimum Gasteiger partial charge on any atom is -0.381 e. The van der Waals surface area contributed by atoms with Crippen LogP contribution in [0.2, 0.25) is 0 Å². The van der Waals surface area contributed by atoms with Crippen molar-refractivity contribution in [1.82, 2.24) is 10.1 Å². The lowest BCUT2D eigenvalue weighted by molar-refractivity contribution is 0.192. The Balaban J connectivity index is 1.92. The SMILES string of the molecule is Cc1ccc(-c2nc([C@@H]3CCOC3)no2)c(F)c1. The maximum Gasteiger partial charge on any atom is 0.260 e. The monoisotopic (exact) mass is 248 g/mol. The summed E-state index contributed by atoms with van der Waals surface area (Å²) in [7, 11) is 0. The molecule has 1 fully saturated rings. The number of benzene rings is 1. The summed E-state index contributed by atoms with van der Waals surface area (Å²) < 4.78 is 24.2. The van der Waals surface area contributed by atoms with Crippen molar-refractivity contribution >= 4 is 0 Å². The van der Waals surface area contributed by atoms with Crippen molar-refractivity contribution in [1.29, 1.82) is 0 Å². The van der Waals surface area contributed by atoms with Crippen molar-refractivity contribution in [2.45, 2.75) is 19.3 Å². The fourth-order valence-corrected chi connectivity index (χ4v) is 2.04. The Bertz CT molecular complexity index is 562. The first-order valence-corrected chi connectivity index (χ1v) is 5.92. The van der Waals surface area contributed by atoms with E-state index < -0.39 is 0 Å². The lowest BCUT2D eigenvalue weighted by Gasteiger charge is -1.99. The molecular weight excluding hydrogens is 235 g/mol. The molecule has 0 amide bonds. The van der Waals surface area contributed by atoms with Gasteiger partial charge in [0.25, 0.3) is 5.89 Å². The third-order valence-corrected chi connectivity index (χ3v) is 3.09. The second-order valence-electron chi connectivity index (χ2n) is 4.50. The van der Waals surface area contributed by atoms with Gasteiger partial charge in [-0.25, -0.2) is 4.39 Å². The van der Waals surface area contributed by atoms with Crippen molar-refractivity contribution in [3.05, 3.63) is 35.4 Å². The van der Waals surface area contributed by atoms with Crippen molar-refractivity contribution in [2.24, 2.45) is 0 Å². The predicted molar refractivity (Wildman–Crippen MR) is 62.6 cm³/mol. The van der Waals surface area contributed by atoms with E-state index in [1.54, 1.807) is 6.07 Å². The molecule has 1 aromatic heterocycles. The zero-order valence-corrected chi connectivity index (χ0v) is 10.0. The molecule has 0 N–H and O–H groups in total. The average Bonchev–Trinajstić information content (AvgIpc) is 2.99. The molecule has 0 unspecified atom stereocenters. The van der Waals surface area contributed by atoms with Crippen molar-refractivity contribution < 1.29 is 13.7 Å². The third-order valence-electron chi connectivity index (χ3n) is 3.09. The van der Waals surface area contributed by atoms with Gasteiger partial charge in [-0.1, -0.05) is 11.2 Å². The largest absolute Gasteiger partial charge is 0.381 e. The van der Waals surface area contributed by atoms with E-state index in [-0.39, 0.29) is 17.6 Å². The van der Waals surface area contributed by atoms with Gasteiger partial charge in [0.1, 0.15) is 5.82 Å². The van der Waals surface area contributed by atoms with Crippen molar-refractivity contribution in [2.75, 3.05) is 13.2 Å². The lowest BCUT2D eigenvalue weighted by Crippen LogP contribution is -1.99. The molecule has 0 aliphatic carbocycles. The van der Waals surface area contributed by atoms with Crippen molar-refractivity contribution in [3.8, 4) is 11.5 Å². The highest BCUT2D eigenvalue weighted by molar-refractivity contribution is 5.54. The standard InChI is InChI=1S/C13H13FN2O2/c1-8-2-3-10(11(14)6-8)13-15-12(16-18-13)9-4-5-17-7-9/h2-3,6,9H,4-5,7H2,1H3/t9-/m1/s1. The topological polar surface area (TPSA) is 48.2 Å². The van der Waals surface area contributed by atoms with Crippen LogP contribution in [-0.2, 0) is 4.74 Å². The summed E-state index contributed by atoms with van der Waals surface area (Å²) in [5, 5.41) is 3.91. The Morgan fingerprint density at radius 2 is 2.28 bits per heavy atom. The zero-order valence-electron chi connectivity index (χ0n) is 10.0. The molecular formula is C13H13FN2O2. The Labute approximate surface area is 104 Å². The number of rotatable bonds is 2. The van der Waals surface area contributed by atoms with Crippen LogP contribution in [0.1, 0.15) is 23.7 Å². The number of aromatic nitrogens is 2. The number of ether oxygens (including phenoxy) is 1. The van der Waals surface area contributed by atoms with Crippen LogP contribution in [0.4, 0.5) is 4.39 Å². The molecule has 18 heavy (non-hydrogen) atoms. The van der Waals surface area contributed by atoms with Gasteiger partial charge in [-0.15, -0.1) is 0 Å². The molecule has 1 aromatic carbocycles. The zero-order chi connectivity index (χ0) is 12.5. The second-order valence-corrected chi connectivity index (χ2v) is 4.50. The quantitative estimate of drug-likeness (QED) is 0.819. The Morgan fingerprint density at radius 3 is 3.00 bits per heavy atom. The summed E-state index contributed by atoms with van der Waals surface area (Å²) in [4.78, 5) is 4.26. The summed E-state index contributed by atoms with van der Waals surface area (Å²) in [5.74, 6) is 0.653. The van der Waals surface area contributed by atoms with Crippen molar-refractivity contribution in [3.63, 3.8) is 0 Å². The molecule has 1 aliphatic heterocycles. The Morgan fingerprint density at radius 1 is 1.39 bits per heavy atom. The molecule has 0 saturated carbocycles. The molecule has 3 rings (SSSR count). The minimum atomic E-state index is -0.340. The van der Waals surface area contributed by atoms with Crippen LogP contribution in [-0.4, -0.2) is 23.4 Å². The van der Waals surface area contributed by atoms with Gasteiger partial charge in [0.15, 0.2) is 5.82 Å². The molecule has 4 nitrogen and oxygen atoms in total. The van der Waals surface area contributed by atoms with Gasteiger partial charge in [-0.05, 0) is 31.0 Å². The highest BCUT2D eigenvalue weighted by Crippen LogP contribution is 2.27.